The molecule has 5 nitrogen and oxygen atoms in total. The maximum absolute atomic E-state index is 13.5. The molecule has 0 unspecified atom stereocenters. The highest BCUT2D eigenvalue weighted by atomic mass is 32.2. The molecular weight excluding hydrogens is 233 g/mol. The van der Waals surface area contributed by atoms with Gasteiger partial charge in [-0.1, -0.05) is 0 Å². The smallest absolute Gasteiger partial charge is 0.186 e. The van der Waals surface area contributed by atoms with E-state index in [0.29, 0.717) is 6.54 Å². The van der Waals surface area contributed by atoms with E-state index in [9.17, 15) is 12.8 Å². The zero-order valence-electron chi connectivity index (χ0n) is 9.41. The van der Waals surface area contributed by atoms with Crippen molar-refractivity contribution >= 4 is 15.7 Å². The Balaban J connectivity index is 3.13. The molecule has 90 valence electrons. The molecule has 0 aliphatic rings. The maximum atomic E-state index is 13.5. The van der Waals surface area contributed by atoms with Gasteiger partial charge in [0.15, 0.2) is 21.5 Å². The summed E-state index contributed by atoms with van der Waals surface area (Å²) in [5.41, 5.74) is 0.143. The maximum Gasteiger partial charge on any atom is 0.186 e. The second-order valence-electron chi connectivity index (χ2n) is 3.49. The van der Waals surface area contributed by atoms with Crippen LogP contribution in [0.3, 0.4) is 0 Å². The first kappa shape index (κ1) is 12.8. The Morgan fingerprint density at radius 3 is 2.50 bits per heavy atom. The first-order valence-corrected chi connectivity index (χ1v) is 6.84. The van der Waals surface area contributed by atoms with E-state index < -0.39 is 15.7 Å². The second kappa shape index (κ2) is 4.73. The molecule has 0 bridgehead atoms. The lowest BCUT2D eigenvalue weighted by Gasteiger charge is -2.07. The number of nitrogens with zero attached hydrogens (tertiary/aromatic N) is 2. The van der Waals surface area contributed by atoms with Crippen LogP contribution in [0.1, 0.15) is 18.4 Å². The van der Waals surface area contributed by atoms with Crippen LogP contribution >= 0.6 is 0 Å². The number of halogens is 1. The fourth-order valence-corrected chi connectivity index (χ4v) is 1.80. The molecule has 0 amide bonds. The second-order valence-corrected chi connectivity index (χ2v) is 5.63. The number of aryl methyl sites for hydroxylation is 1. The lowest BCUT2D eigenvalue weighted by molar-refractivity contribution is 0.592. The SMILES string of the molecule is CCNc1nc(CS(C)(=O)=O)nc(C)c1F. The van der Waals surface area contributed by atoms with Crippen LogP contribution in [0.15, 0.2) is 0 Å². The third-order valence-electron chi connectivity index (χ3n) is 1.80. The van der Waals surface area contributed by atoms with Gasteiger partial charge in [-0.2, -0.15) is 0 Å². The van der Waals surface area contributed by atoms with Crippen molar-refractivity contribution in [3.05, 3.63) is 17.3 Å². The highest BCUT2D eigenvalue weighted by Crippen LogP contribution is 2.14. The molecule has 0 saturated heterocycles. The first-order chi connectivity index (χ1) is 7.33. The predicted octanol–water partition coefficient (Wildman–Crippen LogP) is 0.901. The first-order valence-electron chi connectivity index (χ1n) is 4.78. The standard InChI is InChI=1S/C9H14FN3O2S/c1-4-11-9-8(10)6(2)12-7(13-9)5-16(3,14)15/h4-5H2,1-3H3,(H,11,12,13). The summed E-state index contributed by atoms with van der Waals surface area (Å²) in [4.78, 5) is 7.63. The minimum atomic E-state index is -3.21. The highest BCUT2D eigenvalue weighted by Gasteiger charge is 2.14. The van der Waals surface area contributed by atoms with E-state index in [1.54, 1.807) is 6.92 Å². The molecule has 0 radical (unpaired) electrons. The number of aromatic nitrogens is 2. The Morgan fingerprint density at radius 1 is 1.38 bits per heavy atom. The van der Waals surface area contributed by atoms with Crippen LogP contribution in [-0.2, 0) is 15.6 Å². The molecule has 0 spiro atoms. The van der Waals surface area contributed by atoms with Gasteiger partial charge in [0.05, 0.1) is 5.69 Å². The van der Waals surface area contributed by atoms with E-state index in [2.05, 4.69) is 15.3 Å². The molecule has 0 saturated carbocycles. The van der Waals surface area contributed by atoms with Crippen molar-refractivity contribution in [3.63, 3.8) is 0 Å². The largest absolute Gasteiger partial charge is 0.368 e. The van der Waals surface area contributed by atoms with Crippen molar-refractivity contribution in [1.82, 2.24) is 9.97 Å². The average molecular weight is 247 g/mol. The van der Waals surface area contributed by atoms with Crippen LogP contribution in [0.4, 0.5) is 10.2 Å². The minimum Gasteiger partial charge on any atom is -0.368 e. The fourth-order valence-electron chi connectivity index (χ4n) is 1.20. The highest BCUT2D eigenvalue weighted by molar-refractivity contribution is 7.89. The van der Waals surface area contributed by atoms with Crippen LogP contribution in [0.5, 0.6) is 0 Å². The topological polar surface area (TPSA) is 72.0 Å². The fraction of sp³-hybridized carbons (Fsp3) is 0.556. The molecule has 1 N–H and O–H groups in total. The molecular formula is C9H14FN3O2S. The van der Waals surface area contributed by atoms with Gasteiger partial charge < -0.3 is 5.32 Å². The van der Waals surface area contributed by atoms with Gasteiger partial charge in [-0.3, -0.25) is 0 Å². The number of hydrogen-bond donors (Lipinski definition) is 1. The Kier molecular flexibility index (Phi) is 3.79. The monoisotopic (exact) mass is 247 g/mol. The van der Waals surface area contributed by atoms with Crippen molar-refractivity contribution in [2.24, 2.45) is 0 Å². The molecule has 1 aromatic rings. The van der Waals surface area contributed by atoms with Gasteiger partial charge in [0.2, 0.25) is 0 Å². The molecule has 0 aliphatic carbocycles. The predicted molar refractivity (Wildman–Crippen MR) is 59.4 cm³/mol. The number of rotatable bonds is 4. The van der Waals surface area contributed by atoms with Crippen molar-refractivity contribution in [2.45, 2.75) is 19.6 Å². The molecule has 1 heterocycles. The lowest BCUT2D eigenvalue weighted by Crippen LogP contribution is -2.11. The Bertz CT molecular complexity index is 488. The van der Waals surface area contributed by atoms with E-state index in [1.165, 1.54) is 6.92 Å². The van der Waals surface area contributed by atoms with Crippen molar-refractivity contribution in [1.29, 1.82) is 0 Å². The summed E-state index contributed by atoms with van der Waals surface area (Å²) in [6.07, 6.45) is 1.09. The van der Waals surface area contributed by atoms with Gasteiger partial charge in [0, 0.05) is 12.8 Å². The minimum absolute atomic E-state index is 0.0497. The third-order valence-corrected chi connectivity index (χ3v) is 2.58. The molecule has 0 aliphatic heterocycles. The van der Waals surface area contributed by atoms with E-state index in [-0.39, 0.29) is 23.1 Å². The van der Waals surface area contributed by atoms with Gasteiger partial charge in [0.1, 0.15) is 11.6 Å². The summed E-state index contributed by atoms with van der Waals surface area (Å²) in [7, 11) is -3.21. The van der Waals surface area contributed by atoms with E-state index in [0.717, 1.165) is 6.26 Å². The molecule has 16 heavy (non-hydrogen) atoms. The Morgan fingerprint density at radius 2 is 2.00 bits per heavy atom. The van der Waals surface area contributed by atoms with Gasteiger partial charge in [-0.25, -0.2) is 22.8 Å². The van der Waals surface area contributed by atoms with Crippen molar-refractivity contribution in [3.8, 4) is 0 Å². The molecule has 1 aromatic heterocycles. The number of nitrogens with one attached hydrogen (secondary N) is 1. The van der Waals surface area contributed by atoms with Crippen LogP contribution in [-0.4, -0.2) is 31.2 Å². The van der Waals surface area contributed by atoms with Gasteiger partial charge in [-0.15, -0.1) is 0 Å². The zero-order valence-corrected chi connectivity index (χ0v) is 10.2. The third kappa shape index (κ3) is 3.41. The van der Waals surface area contributed by atoms with Crippen LogP contribution in [0.2, 0.25) is 0 Å². The Hall–Kier alpha value is -1.24. The normalized spacial score (nSPS) is 11.5. The van der Waals surface area contributed by atoms with Gasteiger partial charge in [-0.05, 0) is 13.8 Å². The number of anilines is 1. The molecule has 1 rings (SSSR count). The quantitative estimate of drug-likeness (QED) is 0.856. The summed E-state index contributed by atoms with van der Waals surface area (Å²) in [5.74, 6) is -0.669. The molecule has 0 atom stereocenters. The van der Waals surface area contributed by atoms with Crippen molar-refractivity contribution < 1.29 is 12.8 Å². The summed E-state index contributed by atoms with van der Waals surface area (Å²) in [6.45, 7) is 3.78. The Labute approximate surface area is 94.0 Å². The van der Waals surface area contributed by atoms with E-state index in [1.807, 2.05) is 0 Å². The van der Waals surface area contributed by atoms with Gasteiger partial charge in [0.25, 0.3) is 0 Å². The molecule has 0 aromatic carbocycles. The summed E-state index contributed by atoms with van der Waals surface area (Å²) in [6, 6.07) is 0. The molecule has 0 fully saturated rings. The lowest BCUT2D eigenvalue weighted by atomic mass is 10.4. The van der Waals surface area contributed by atoms with Crippen LogP contribution in [0, 0.1) is 12.7 Å². The summed E-state index contributed by atoms with van der Waals surface area (Å²) >= 11 is 0. The number of hydrogen-bond acceptors (Lipinski definition) is 5. The van der Waals surface area contributed by atoms with E-state index >= 15 is 0 Å². The average Bonchev–Trinajstić information content (AvgIpc) is 2.11. The van der Waals surface area contributed by atoms with Crippen LogP contribution < -0.4 is 5.32 Å². The van der Waals surface area contributed by atoms with Gasteiger partial charge >= 0.3 is 0 Å². The van der Waals surface area contributed by atoms with Crippen LogP contribution in [0.25, 0.3) is 0 Å². The number of sulfone groups is 1. The summed E-state index contributed by atoms with van der Waals surface area (Å²) in [5, 5.41) is 2.72. The van der Waals surface area contributed by atoms with Crippen molar-refractivity contribution in [2.75, 3.05) is 18.1 Å². The zero-order chi connectivity index (χ0) is 12.3. The summed E-state index contributed by atoms with van der Waals surface area (Å²) < 4.78 is 35.6. The molecule has 7 heteroatoms. The van der Waals surface area contributed by atoms with E-state index in [4.69, 9.17) is 0 Å².